The summed E-state index contributed by atoms with van der Waals surface area (Å²) in [4.78, 5) is 26.9. The lowest BCUT2D eigenvalue weighted by molar-refractivity contribution is -0.120. The topological polar surface area (TPSA) is 58.6 Å². The number of ether oxygens (including phenoxy) is 1. The number of methoxy groups -OCH3 is 1. The van der Waals surface area contributed by atoms with Crippen molar-refractivity contribution in [2.24, 2.45) is 0 Å². The number of carbonyl (C=O) groups excluding carboxylic acids is 2. The summed E-state index contributed by atoms with van der Waals surface area (Å²) in [5.41, 5.74) is 0.806. The Morgan fingerprint density at radius 3 is 2.84 bits per heavy atom. The van der Waals surface area contributed by atoms with Gasteiger partial charge in [-0.1, -0.05) is 12.1 Å². The zero-order valence-electron chi connectivity index (χ0n) is 13.7. The lowest BCUT2D eigenvalue weighted by atomic mass is 9.81. The van der Waals surface area contributed by atoms with Crippen LogP contribution in [0.15, 0.2) is 42.5 Å². The highest BCUT2D eigenvalue weighted by molar-refractivity contribution is 6.07. The fourth-order valence-electron chi connectivity index (χ4n) is 3.71. The number of amides is 2. The van der Waals surface area contributed by atoms with Crippen LogP contribution in [0, 0.1) is 5.82 Å². The predicted octanol–water partition coefficient (Wildman–Crippen LogP) is 2.57. The molecule has 2 aliphatic rings. The van der Waals surface area contributed by atoms with Gasteiger partial charge in [0.25, 0.3) is 5.91 Å². The van der Waals surface area contributed by atoms with Gasteiger partial charge in [0.15, 0.2) is 0 Å². The van der Waals surface area contributed by atoms with E-state index in [0.717, 1.165) is 11.3 Å². The van der Waals surface area contributed by atoms with Crippen LogP contribution in [0.25, 0.3) is 0 Å². The number of hydrogen-bond acceptors (Lipinski definition) is 3. The second kappa shape index (κ2) is 5.58. The molecule has 0 saturated carbocycles. The van der Waals surface area contributed by atoms with Crippen molar-refractivity contribution in [1.29, 1.82) is 0 Å². The molecule has 0 aliphatic carbocycles. The van der Waals surface area contributed by atoms with E-state index in [4.69, 9.17) is 4.74 Å². The molecule has 5 nitrogen and oxygen atoms in total. The Morgan fingerprint density at radius 1 is 1.28 bits per heavy atom. The van der Waals surface area contributed by atoms with E-state index in [1.807, 2.05) is 12.1 Å². The molecule has 6 heteroatoms. The molecular weight excluding hydrogens is 323 g/mol. The van der Waals surface area contributed by atoms with E-state index < -0.39 is 11.2 Å². The molecule has 0 aromatic heterocycles. The molecule has 2 amide bonds. The molecule has 2 aliphatic heterocycles. The minimum atomic E-state index is -0.801. The Labute approximate surface area is 144 Å². The summed E-state index contributed by atoms with van der Waals surface area (Å²) in [6.45, 7) is 0.628. The quantitative estimate of drug-likeness (QED) is 0.914. The normalized spacial score (nSPS) is 21.4. The first-order valence-electron chi connectivity index (χ1n) is 8.09. The van der Waals surface area contributed by atoms with E-state index >= 15 is 0 Å². The van der Waals surface area contributed by atoms with Crippen LogP contribution in [-0.4, -0.2) is 36.9 Å². The third kappa shape index (κ3) is 2.28. The highest BCUT2D eigenvalue weighted by atomic mass is 19.1. The minimum absolute atomic E-state index is 0.0313. The first-order chi connectivity index (χ1) is 12.0. The number of hydrogen-bond donors (Lipinski definition) is 1. The maximum Gasteiger partial charge on any atom is 0.256 e. The number of rotatable bonds is 2. The lowest BCUT2D eigenvalue weighted by Crippen LogP contribution is -2.39. The van der Waals surface area contributed by atoms with Crippen molar-refractivity contribution < 1.29 is 18.7 Å². The summed E-state index contributed by atoms with van der Waals surface area (Å²) in [6, 6.07) is 11.3. The Bertz CT molecular complexity index is 883. The molecule has 0 unspecified atom stereocenters. The van der Waals surface area contributed by atoms with E-state index in [1.165, 1.54) is 12.1 Å². The van der Waals surface area contributed by atoms with E-state index in [-0.39, 0.29) is 23.9 Å². The molecule has 1 spiro atoms. The SMILES string of the molecule is COc1ccc2c(c1)[C@]1(CCN(C(=O)c3ccccc3F)C1)C(=O)N2. The molecule has 1 fully saturated rings. The molecule has 1 saturated heterocycles. The molecule has 2 aromatic rings. The van der Waals surface area contributed by atoms with E-state index in [9.17, 15) is 14.0 Å². The van der Waals surface area contributed by atoms with Gasteiger partial charge in [-0.25, -0.2) is 4.39 Å². The maximum atomic E-state index is 13.9. The summed E-state index contributed by atoms with van der Waals surface area (Å²) >= 11 is 0. The third-order valence-corrected chi connectivity index (χ3v) is 5.09. The molecule has 2 heterocycles. The van der Waals surface area contributed by atoms with Crippen molar-refractivity contribution in [2.45, 2.75) is 11.8 Å². The second-order valence-corrected chi connectivity index (χ2v) is 6.40. The number of carbonyl (C=O) groups is 2. The van der Waals surface area contributed by atoms with Crippen molar-refractivity contribution >= 4 is 17.5 Å². The van der Waals surface area contributed by atoms with Crippen molar-refractivity contribution in [3.05, 3.63) is 59.4 Å². The standard InChI is InChI=1S/C19H17FN2O3/c1-25-12-6-7-16-14(10-12)19(18(24)21-16)8-9-22(11-19)17(23)13-4-2-3-5-15(13)20/h2-7,10H,8-9,11H2,1H3,(H,21,24)/t19-/m1/s1. The van der Waals surface area contributed by atoms with Gasteiger partial charge in [0.1, 0.15) is 11.6 Å². The maximum absolute atomic E-state index is 13.9. The molecular formula is C19H17FN2O3. The summed E-state index contributed by atoms with van der Waals surface area (Å²) in [7, 11) is 1.57. The Hall–Kier alpha value is -2.89. The molecule has 1 N–H and O–H groups in total. The molecule has 0 bridgehead atoms. The van der Waals surface area contributed by atoms with E-state index in [0.29, 0.717) is 18.7 Å². The molecule has 128 valence electrons. The third-order valence-electron chi connectivity index (χ3n) is 5.09. The predicted molar refractivity (Wildman–Crippen MR) is 90.2 cm³/mol. The summed E-state index contributed by atoms with van der Waals surface area (Å²) in [5, 5.41) is 2.89. The summed E-state index contributed by atoms with van der Waals surface area (Å²) in [6.07, 6.45) is 0.499. The van der Waals surface area contributed by atoms with Gasteiger partial charge >= 0.3 is 0 Å². The number of nitrogens with one attached hydrogen (secondary N) is 1. The Balaban J connectivity index is 1.68. The van der Waals surface area contributed by atoms with E-state index in [1.54, 1.807) is 30.2 Å². The van der Waals surface area contributed by atoms with Crippen LogP contribution >= 0.6 is 0 Å². The zero-order chi connectivity index (χ0) is 17.6. The van der Waals surface area contributed by atoms with Gasteiger partial charge in [0.05, 0.1) is 18.1 Å². The van der Waals surface area contributed by atoms with Crippen LogP contribution in [0.3, 0.4) is 0 Å². The fourth-order valence-corrected chi connectivity index (χ4v) is 3.71. The number of likely N-dealkylation sites (tertiary alicyclic amines) is 1. The first-order valence-corrected chi connectivity index (χ1v) is 8.09. The average molecular weight is 340 g/mol. The van der Waals surface area contributed by atoms with Gasteiger partial charge in [-0.3, -0.25) is 9.59 Å². The van der Waals surface area contributed by atoms with Crippen LogP contribution < -0.4 is 10.1 Å². The van der Waals surface area contributed by atoms with Crippen molar-refractivity contribution in [2.75, 3.05) is 25.5 Å². The van der Waals surface area contributed by atoms with Gasteiger partial charge in [-0.05, 0) is 42.3 Å². The smallest absolute Gasteiger partial charge is 0.256 e. The zero-order valence-corrected chi connectivity index (χ0v) is 13.7. The van der Waals surface area contributed by atoms with Crippen LogP contribution in [0.2, 0.25) is 0 Å². The van der Waals surface area contributed by atoms with Crippen LogP contribution in [0.5, 0.6) is 5.75 Å². The monoisotopic (exact) mass is 340 g/mol. The Morgan fingerprint density at radius 2 is 2.08 bits per heavy atom. The molecule has 4 rings (SSSR count). The van der Waals surface area contributed by atoms with Gasteiger partial charge in [0, 0.05) is 18.8 Å². The highest BCUT2D eigenvalue weighted by Gasteiger charge is 2.52. The van der Waals surface area contributed by atoms with Crippen LogP contribution in [0.1, 0.15) is 22.3 Å². The largest absolute Gasteiger partial charge is 0.497 e. The van der Waals surface area contributed by atoms with Crippen molar-refractivity contribution in [3.8, 4) is 5.75 Å². The summed E-state index contributed by atoms with van der Waals surface area (Å²) < 4.78 is 19.2. The van der Waals surface area contributed by atoms with Crippen molar-refractivity contribution in [3.63, 3.8) is 0 Å². The minimum Gasteiger partial charge on any atom is -0.497 e. The summed E-state index contributed by atoms with van der Waals surface area (Å²) in [5.74, 6) is -0.404. The second-order valence-electron chi connectivity index (χ2n) is 6.40. The van der Waals surface area contributed by atoms with Crippen LogP contribution in [0.4, 0.5) is 10.1 Å². The Kier molecular flexibility index (Phi) is 3.49. The molecule has 2 aromatic carbocycles. The number of benzene rings is 2. The number of halogens is 1. The number of anilines is 1. The first kappa shape index (κ1) is 15.6. The van der Waals surface area contributed by atoms with Gasteiger partial charge in [-0.15, -0.1) is 0 Å². The van der Waals surface area contributed by atoms with Crippen molar-refractivity contribution in [1.82, 2.24) is 4.90 Å². The highest BCUT2D eigenvalue weighted by Crippen LogP contribution is 2.45. The lowest BCUT2D eigenvalue weighted by Gasteiger charge is -2.23. The van der Waals surface area contributed by atoms with Gasteiger partial charge in [-0.2, -0.15) is 0 Å². The molecule has 25 heavy (non-hydrogen) atoms. The van der Waals surface area contributed by atoms with Crippen LogP contribution in [-0.2, 0) is 10.2 Å². The number of nitrogens with zero attached hydrogens (tertiary/aromatic N) is 1. The fraction of sp³-hybridized carbons (Fsp3) is 0.263. The average Bonchev–Trinajstić information content (AvgIpc) is 3.18. The van der Waals surface area contributed by atoms with Gasteiger partial charge < -0.3 is 15.0 Å². The molecule has 1 atom stereocenters. The van der Waals surface area contributed by atoms with E-state index in [2.05, 4.69) is 5.32 Å². The molecule has 0 radical (unpaired) electrons. The number of fused-ring (bicyclic) bond motifs is 2. The van der Waals surface area contributed by atoms with Gasteiger partial charge in [0.2, 0.25) is 5.91 Å².